The summed E-state index contributed by atoms with van der Waals surface area (Å²) in [4.78, 5) is 10.5. The third kappa shape index (κ3) is 5.13. The fourth-order valence-corrected chi connectivity index (χ4v) is 1.16. The Morgan fingerprint density at radius 1 is 1.42 bits per heavy atom. The summed E-state index contributed by atoms with van der Waals surface area (Å²) in [6.07, 6.45) is 5.21. The van der Waals surface area contributed by atoms with Crippen LogP contribution in [0.5, 0.6) is 0 Å². The van der Waals surface area contributed by atoms with Gasteiger partial charge in [-0.05, 0) is 6.42 Å². The monoisotopic (exact) mass is 173 g/mol. The van der Waals surface area contributed by atoms with Crippen LogP contribution in [0.1, 0.15) is 39.0 Å². The van der Waals surface area contributed by atoms with Crippen molar-refractivity contribution in [3.8, 4) is 0 Å². The molecule has 0 fully saturated rings. The molecule has 0 rings (SSSR count). The number of rotatable bonds is 7. The molecule has 0 aromatic rings. The van der Waals surface area contributed by atoms with Gasteiger partial charge < -0.3 is 10.8 Å². The summed E-state index contributed by atoms with van der Waals surface area (Å²) in [5, 5.41) is 8.65. The number of carbonyl (C=O) groups is 1. The first-order valence-corrected chi connectivity index (χ1v) is 4.65. The zero-order chi connectivity index (χ0) is 9.40. The zero-order valence-corrected chi connectivity index (χ0v) is 7.75. The fraction of sp³-hybridized carbons (Fsp3) is 0.889. The highest BCUT2D eigenvalue weighted by molar-refractivity contribution is 5.70. The molecule has 0 radical (unpaired) electrons. The van der Waals surface area contributed by atoms with Gasteiger partial charge >= 0.3 is 5.97 Å². The van der Waals surface area contributed by atoms with Gasteiger partial charge in [-0.1, -0.05) is 32.6 Å². The molecule has 1 atom stereocenters. The highest BCUT2D eigenvalue weighted by Crippen LogP contribution is 2.09. The predicted molar refractivity (Wildman–Crippen MR) is 48.9 cm³/mol. The number of hydrogen-bond acceptors (Lipinski definition) is 2. The lowest BCUT2D eigenvalue weighted by molar-refractivity contribution is -0.141. The van der Waals surface area contributed by atoms with Crippen molar-refractivity contribution < 1.29 is 9.90 Å². The minimum absolute atomic E-state index is 0.265. The molecule has 0 saturated carbocycles. The Labute approximate surface area is 74.0 Å². The van der Waals surface area contributed by atoms with Crippen LogP contribution in [0.2, 0.25) is 0 Å². The van der Waals surface area contributed by atoms with Crippen LogP contribution < -0.4 is 5.73 Å². The summed E-state index contributed by atoms with van der Waals surface area (Å²) in [5.41, 5.74) is 5.31. The SMILES string of the molecule is CCCCCC[C@H](CN)C(=O)O. The van der Waals surface area contributed by atoms with E-state index < -0.39 is 5.97 Å². The van der Waals surface area contributed by atoms with Crippen LogP contribution >= 0.6 is 0 Å². The number of nitrogens with two attached hydrogens (primary N) is 1. The van der Waals surface area contributed by atoms with E-state index in [1.165, 1.54) is 12.8 Å². The van der Waals surface area contributed by atoms with E-state index in [2.05, 4.69) is 6.92 Å². The van der Waals surface area contributed by atoms with Gasteiger partial charge in [0.15, 0.2) is 0 Å². The molecule has 0 amide bonds. The summed E-state index contributed by atoms with van der Waals surface area (Å²) < 4.78 is 0. The maximum Gasteiger partial charge on any atom is 0.307 e. The fourth-order valence-electron chi connectivity index (χ4n) is 1.16. The van der Waals surface area contributed by atoms with Crippen LogP contribution in [0.15, 0.2) is 0 Å². The summed E-state index contributed by atoms with van der Waals surface area (Å²) in [6, 6.07) is 0. The number of unbranched alkanes of at least 4 members (excludes halogenated alkanes) is 3. The number of carboxylic acids is 1. The summed E-state index contributed by atoms with van der Waals surface area (Å²) >= 11 is 0. The Balaban J connectivity index is 3.38. The van der Waals surface area contributed by atoms with Gasteiger partial charge in [0, 0.05) is 6.54 Å². The summed E-state index contributed by atoms with van der Waals surface area (Å²) in [5.74, 6) is -1.09. The molecular weight excluding hydrogens is 154 g/mol. The van der Waals surface area contributed by atoms with Crippen LogP contribution in [-0.4, -0.2) is 17.6 Å². The van der Waals surface area contributed by atoms with Crippen LogP contribution in [0.4, 0.5) is 0 Å². The van der Waals surface area contributed by atoms with E-state index in [1.54, 1.807) is 0 Å². The summed E-state index contributed by atoms with van der Waals surface area (Å²) in [6.45, 7) is 2.40. The quantitative estimate of drug-likeness (QED) is 0.575. The lowest BCUT2D eigenvalue weighted by Gasteiger charge is -2.08. The van der Waals surface area contributed by atoms with Crippen LogP contribution in [0.3, 0.4) is 0 Å². The normalized spacial score (nSPS) is 12.8. The van der Waals surface area contributed by atoms with Crippen molar-refractivity contribution >= 4 is 5.97 Å². The molecule has 0 bridgehead atoms. The largest absolute Gasteiger partial charge is 0.481 e. The van der Waals surface area contributed by atoms with Crippen molar-refractivity contribution in [2.45, 2.75) is 39.0 Å². The second kappa shape index (κ2) is 7.10. The van der Waals surface area contributed by atoms with Gasteiger partial charge in [-0.25, -0.2) is 0 Å². The molecule has 3 heteroatoms. The van der Waals surface area contributed by atoms with Crippen LogP contribution in [0, 0.1) is 5.92 Å². The highest BCUT2D eigenvalue weighted by atomic mass is 16.4. The molecule has 0 heterocycles. The van der Waals surface area contributed by atoms with Gasteiger partial charge in [-0.3, -0.25) is 4.79 Å². The highest BCUT2D eigenvalue weighted by Gasteiger charge is 2.13. The van der Waals surface area contributed by atoms with E-state index in [-0.39, 0.29) is 12.5 Å². The molecular formula is C9H19NO2. The van der Waals surface area contributed by atoms with Gasteiger partial charge in [0.25, 0.3) is 0 Å². The molecule has 3 nitrogen and oxygen atoms in total. The van der Waals surface area contributed by atoms with Crippen LogP contribution in [-0.2, 0) is 4.79 Å². The Bertz CT molecular complexity index is 126. The van der Waals surface area contributed by atoms with Gasteiger partial charge in [-0.2, -0.15) is 0 Å². The average Bonchev–Trinajstić information content (AvgIpc) is 2.04. The van der Waals surface area contributed by atoms with E-state index in [9.17, 15) is 4.79 Å². The first-order chi connectivity index (χ1) is 5.72. The molecule has 0 spiro atoms. The Kier molecular flexibility index (Phi) is 6.76. The standard InChI is InChI=1S/C9H19NO2/c1-2-3-4-5-6-8(7-10)9(11)12/h8H,2-7,10H2,1H3,(H,11,12)/t8-/m1/s1. The molecule has 12 heavy (non-hydrogen) atoms. The Morgan fingerprint density at radius 2 is 2.08 bits per heavy atom. The molecule has 0 aromatic heterocycles. The van der Waals surface area contributed by atoms with E-state index in [1.807, 2.05) is 0 Å². The van der Waals surface area contributed by atoms with Gasteiger partial charge in [-0.15, -0.1) is 0 Å². The molecule has 0 aliphatic heterocycles. The third-order valence-electron chi connectivity index (χ3n) is 2.04. The number of carboxylic acid groups (broad SMARTS) is 1. The van der Waals surface area contributed by atoms with E-state index in [0.717, 1.165) is 19.3 Å². The van der Waals surface area contributed by atoms with E-state index >= 15 is 0 Å². The maximum atomic E-state index is 10.5. The molecule has 0 saturated heterocycles. The zero-order valence-electron chi connectivity index (χ0n) is 7.75. The number of hydrogen-bond donors (Lipinski definition) is 2. The second-order valence-electron chi connectivity index (χ2n) is 3.12. The average molecular weight is 173 g/mol. The minimum atomic E-state index is -0.756. The van der Waals surface area contributed by atoms with Crippen molar-refractivity contribution in [3.63, 3.8) is 0 Å². The maximum absolute atomic E-state index is 10.5. The lowest BCUT2D eigenvalue weighted by Crippen LogP contribution is -2.23. The van der Waals surface area contributed by atoms with E-state index in [0.29, 0.717) is 0 Å². The molecule has 0 aromatic carbocycles. The van der Waals surface area contributed by atoms with E-state index in [4.69, 9.17) is 10.8 Å². The summed E-state index contributed by atoms with van der Waals surface area (Å²) in [7, 11) is 0. The Hall–Kier alpha value is -0.570. The predicted octanol–water partition coefficient (Wildman–Crippen LogP) is 1.62. The first kappa shape index (κ1) is 11.4. The van der Waals surface area contributed by atoms with Crippen molar-refractivity contribution in [2.24, 2.45) is 11.7 Å². The molecule has 0 aliphatic carbocycles. The van der Waals surface area contributed by atoms with Gasteiger partial charge in [0.2, 0.25) is 0 Å². The van der Waals surface area contributed by atoms with Crippen molar-refractivity contribution in [2.75, 3.05) is 6.54 Å². The smallest absolute Gasteiger partial charge is 0.307 e. The molecule has 72 valence electrons. The molecule has 0 unspecified atom stereocenters. The Morgan fingerprint density at radius 3 is 2.50 bits per heavy atom. The lowest BCUT2D eigenvalue weighted by atomic mass is 10.0. The van der Waals surface area contributed by atoms with Gasteiger partial charge in [0.05, 0.1) is 5.92 Å². The van der Waals surface area contributed by atoms with Crippen molar-refractivity contribution in [3.05, 3.63) is 0 Å². The van der Waals surface area contributed by atoms with Gasteiger partial charge in [0.1, 0.15) is 0 Å². The number of aliphatic carboxylic acids is 1. The van der Waals surface area contributed by atoms with Crippen LogP contribution in [0.25, 0.3) is 0 Å². The van der Waals surface area contributed by atoms with Crippen molar-refractivity contribution in [1.82, 2.24) is 0 Å². The third-order valence-corrected chi connectivity index (χ3v) is 2.04. The topological polar surface area (TPSA) is 63.3 Å². The van der Waals surface area contributed by atoms with Crippen molar-refractivity contribution in [1.29, 1.82) is 0 Å². The first-order valence-electron chi connectivity index (χ1n) is 4.65. The molecule has 3 N–H and O–H groups in total. The minimum Gasteiger partial charge on any atom is -0.481 e. The second-order valence-corrected chi connectivity index (χ2v) is 3.12. The molecule has 0 aliphatic rings.